The summed E-state index contributed by atoms with van der Waals surface area (Å²) in [6.07, 6.45) is 1.21. The van der Waals surface area contributed by atoms with E-state index in [2.05, 4.69) is 10.3 Å². The molecule has 132 valence electrons. The summed E-state index contributed by atoms with van der Waals surface area (Å²) in [5.41, 5.74) is -0.440. The number of rotatable bonds is 6. The molecular formula is C14H20N4O4S2. The van der Waals surface area contributed by atoms with Crippen molar-refractivity contribution in [2.45, 2.75) is 25.3 Å². The van der Waals surface area contributed by atoms with Crippen LogP contribution < -0.4 is 10.9 Å². The van der Waals surface area contributed by atoms with Crippen LogP contribution in [-0.2, 0) is 21.4 Å². The van der Waals surface area contributed by atoms with Crippen molar-refractivity contribution < 1.29 is 13.2 Å². The lowest BCUT2D eigenvalue weighted by Crippen LogP contribution is -2.35. The second-order valence-electron chi connectivity index (χ2n) is 5.00. The van der Waals surface area contributed by atoms with Crippen molar-refractivity contribution in [1.82, 2.24) is 14.2 Å². The van der Waals surface area contributed by atoms with Crippen LogP contribution in [0.3, 0.4) is 0 Å². The number of carbonyl (C=O) groups excluding carboxylic acids is 1. The summed E-state index contributed by atoms with van der Waals surface area (Å²) in [5.74, 6) is 0.398. The molecule has 2 heterocycles. The van der Waals surface area contributed by atoms with Crippen molar-refractivity contribution in [2.75, 3.05) is 25.4 Å². The molecule has 1 amide bonds. The number of pyridine rings is 1. The standard InChI is InChI=1S/C14H20N4O4S2/c1-3-18(4-2)24(21,22)11-5-6-13(20)17(9-11)10-12(19)16-14-15-7-8-23-14/h5-6,9H,3-4,7-8,10H2,1-2H3,(H,15,16,19). The number of carbonyl (C=O) groups is 1. The minimum Gasteiger partial charge on any atom is -0.305 e. The lowest BCUT2D eigenvalue weighted by atomic mass is 10.4. The summed E-state index contributed by atoms with van der Waals surface area (Å²) >= 11 is 1.43. The summed E-state index contributed by atoms with van der Waals surface area (Å²) in [6.45, 7) is 4.53. The summed E-state index contributed by atoms with van der Waals surface area (Å²) in [6, 6.07) is 2.42. The fraction of sp³-hybridized carbons (Fsp3) is 0.500. The van der Waals surface area contributed by atoms with E-state index in [0.29, 0.717) is 24.8 Å². The SMILES string of the molecule is CCN(CC)S(=O)(=O)c1ccc(=O)n(CC(=O)NC2=NCCS2)c1. The maximum absolute atomic E-state index is 12.5. The van der Waals surface area contributed by atoms with Gasteiger partial charge in [0.2, 0.25) is 15.9 Å². The molecule has 1 N–H and O–H groups in total. The van der Waals surface area contributed by atoms with E-state index in [1.807, 2.05) is 0 Å². The Morgan fingerprint density at radius 3 is 2.67 bits per heavy atom. The van der Waals surface area contributed by atoms with E-state index in [1.54, 1.807) is 13.8 Å². The first-order valence-corrected chi connectivity index (χ1v) is 9.98. The van der Waals surface area contributed by atoms with E-state index < -0.39 is 21.5 Å². The fourth-order valence-electron chi connectivity index (χ4n) is 2.22. The van der Waals surface area contributed by atoms with Crippen LogP contribution in [0.15, 0.2) is 33.0 Å². The normalized spacial score (nSPS) is 14.7. The third kappa shape index (κ3) is 4.25. The predicted molar refractivity (Wildman–Crippen MR) is 93.7 cm³/mol. The van der Waals surface area contributed by atoms with Gasteiger partial charge in [-0.3, -0.25) is 14.6 Å². The molecule has 0 aliphatic carbocycles. The zero-order valence-corrected chi connectivity index (χ0v) is 15.2. The first-order chi connectivity index (χ1) is 11.4. The van der Waals surface area contributed by atoms with Gasteiger partial charge in [0, 0.05) is 31.1 Å². The largest absolute Gasteiger partial charge is 0.305 e. The molecule has 1 aromatic heterocycles. The van der Waals surface area contributed by atoms with E-state index in [0.717, 1.165) is 16.4 Å². The molecule has 0 fully saturated rings. The Bertz CT molecular complexity index is 797. The molecule has 0 bridgehead atoms. The van der Waals surface area contributed by atoms with Crippen LogP contribution in [-0.4, -0.2) is 53.8 Å². The van der Waals surface area contributed by atoms with Crippen molar-refractivity contribution in [2.24, 2.45) is 4.99 Å². The highest BCUT2D eigenvalue weighted by molar-refractivity contribution is 8.14. The van der Waals surface area contributed by atoms with Gasteiger partial charge in [-0.2, -0.15) is 4.31 Å². The molecule has 0 spiro atoms. The van der Waals surface area contributed by atoms with E-state index in [4.69, 9.17) is 0 Å². The van der Waals surface area contributed by atoms with Crippen molar-refractivity contribution >= 4 is 32.9 Å². The van der Waals surface area contributed by atoms with E-state index in [1.165, 1.54) is 28.3 Å². The Kier molecular flexibility index (Phi) is 6.19. The quantitative estimate of drug-likeness (QED) is 0.763. The minimum atomic E-state index is -3.68. The maximum Gasteiger partial charge on any atom is 0.251 e. The van der Waals surface area contributed by atoms with Crippen LogP contribution in [0.1, 0.15) is 13.8 Å². The molecule has 0 saturated heterocycles. The summed E-state index contributed by atoms with van der Waals surface area (Å²) in [4.78, 5) is 28.0. The van der Waals surface area contributed by atoms with Gasteiger partial charge >= 0.3 is 0 Å². The summed E-state index contributed by atoms with van der Waals surface area (Å²) in [7, 11) is -3.68. The van der Waals surface area contributed by atoms with Gasteiger partial charge in [-0.25, -0.2) is 8.42 Å². The van der Waals surface area contributed by atoms with Gasteiger partial charge in [0.05, 0.1) is 11.4 Å². The summed E-state index contributed by atoms with van der Waals surface area (Å²) in [5, 5.41) is 3.14. The van der Waals surface area contributed by atoms with Crippen LogP contribution in [0.5, 0.6) is 0 Å². The minimum absolute atomic E-state index is 0.00816. The van der Waals surface area contributed by atoms with Crippen LogP contribution in [0.25, 0.3) is 0 Å². The maximum atomic E-state index is 12.5. The van der Waals surface area contributed by atoms with Crippen molar-refractivity contribution in [1.29, 1.82) is 0 Å². The molecule has 8 nitrogen and oxygen atoms in total. The molecule has 1 aliphatic rings. The highest BCUT2D eigenvalue weighted by Gasteiger charge is 2.22. The number of sulfonamides is 1. The van der Waals surface area contributed by atoms with Crippen LogP contribution in [0, 0.1) is 0 Å². The lowest BCUT2D eigenvalue weighted by molar-refractivity contribution is -0.120. The number of hydrogen-bond donors (Lipinski definition) is 1. The van der Waals surface area contributed by atoms with Crippen molar-refractivity contribution in [3.8, 4) is 0 Å². The van der Waals surface area contributed by atoms with Gasteiger partial charge < -0.3 is 9.88 Å². The molecule has 2 rings (SSSR count). The Balaban J connectivity index is 2.22. The molecular weight excluding hydrogens is 352 g/mol. The van der Waals surface area contributed by atoms with Crippen LogP contribution in [0.4, 0.5) is 0 Å². The number of amidine groups is 1. The lowest BCUT2D eigenvalue weighted by Gasteiger charge is -2.19. The number of aromatic nitrogens is 1. The first-order valence-electron chi connectivity index (χ1n) is 7.56. The van der Waals surface area contributed by atoms with Gasteiger partial charge in [0.15, 0.2) is 5.17 Å². The summed E-state index contributed by atoms with van der Waals surface area (Å²) < 4.78 is 27.4. The zero-order valence-electron chi connectivity index (χ0n) is 13.6. The fourth-order valence-corrected chi connectivity index (χ4v) is 4.45. The van der Waals surface area contributed by atoms with Gasteiger partial charge in [-0.15, -0.1) is 0 Å². The molecule has 0 unspecified atom stereocenters. The van der Waals surface area contributed by atoms with E-state index >= 15 is 0 Å². The molecule has 1 aromatic rings. The Hall–Kier alpha value is -1.65. The van der Waals surface area contributed by atoms with Gasteiger partial charge in [0.1, 0.15) is 6.54 Å². The Morgan fingerprint density at radius 1 is 1.38 bits per heavy atom. The Labute approximate surface area is 145 Å². The number of amides is 1. The predicted octanol–water partition coefficient (Wildman–Crippen LogP) is 0.0978. The highest BCUT2D eigenvalue weighted by atomic mass is 32.2. The molecule has 1 aliphatic heterocycles. The van der Waals surface area contributed by atoms with Gasteiger partial charge in [-0.1, -0.05) is 25.6 Å². The number of thioether (sulfide) groups is 1. The second kappa shape index (κ2) is 7.95. The van der Waals surface area contributed by atoms with Gasteiger partial charge in [-0.05, 0) is 6.07 Å². The average Bonchev–Trinajstić information content (AvgIpc) is 3.03. The van der Waals surface area contributed by atoms with Crippen LogP contribution in [0.2, 0.25) is 0 Å². The molecule has 24 heavy (non-hydrogen) atoms. The first kappa shape index (κ1) is 18.7. The van der Waals surface area contributed by atoms with Crippen LogP contribution >= 0.6 is 11.8 Å². The number of nitrogens with one attached hydrogen (secondary N) is 1. The smallest absolute Gasteiger partial charge is 0.251 e. The van der Waals surface area contributed by atoms with Crippen molar-refractivity contribution in [3.63, 3.8) is 0 Å². The number of hydrogen-bond acceptors (Lipinski definition) is 6. The topological polar surface area (TPSA) is 101 Å². The number of nitrogens with zero attached hydrogens (tertiary/aromatic N) is 3. The van der Waals surface area contributed by atoms with E-state index in [-0.39, 0.29) is 11.4 Å². The monoisotopic (exact) mass is 372 g/mol. The Morgan fingerprint density at radius 2 is 2.08 bits per heavy atom. The molecule has 0 saturated carbocycles. The average molecular weight is 372 g/mol. The zero-order chi connectivity index (χ0) is 17.7. The molecule has 0 aromatic carbocycles. The van der Waals surface area contributed by atoms with Crippen molar-refractivity contribution in [3.05, 3.63) is 28.7 Å². The molecule has 0 atom stereocenters. The highest BCUT2D eigenvalue weighted by Crippen LogP contribution is 2.13. The third-order valence-corrected chi connectivity index (χ3v) is 6.37. The molecule has 10 heteroatoms. The second-order valence-corrected chi connectivity index (χ2v) is 8.03. The van der Waals surface area contributed by atoms with E-state index in [9.17, 15) is 18.0 Å². The third-order valence-electron chi connectivity index (χ3n) is 3.45. The van der Waals surface area contributed by atoms with Gasteiger partial charge in [0.25, 0.3) is 5.56 Å². The molecule has 0 radical (unpaired) electrons. The number of aliphatic imine (C=N–C) groups is 1.